The molecule has 22 heavy (non-hydrogen) atoms. The Bertz CT molecular complexity index is 518. The van der Waals surface area contributed by atoms with E-state index in [0.29, 0.717) is 25.9 Å². The number of sulfone groups is 1. The topological polar surface area (TPSA) is 83.6 Å². The third kappa shape index (κ3) is 4.97. The Kier molecular flexibility index (Phi) is 6.01. The van der Waals surface area contributed by atoms with Crippen molar-refractivity contribution in [3.05, 3.63) is 0 Å². The number of hydrogen-bond donors (Lipinski definition) is 1. The SMILES string of the molecule is CC(C)C(C)(C)C(=O)N1CCC(C(=O)NCS(C)(=O)=O)CC1. The van der Waals surface area contributed by atoms with Crippen LogP contribution in [0.4, 0.5) is 0 Å². The molecule has 0 aromatic heterocycles. The van der Waals surface area contributed by atoms with E-state index < -0.39 is 15.3 Å². The summed E-state index contributed by atoms with van der Waals surface area (Å²) in [5, 5.41) is 2.45. The molecule has 2 amide bonds. The van der Waals surface area contributed by atoms with Crippen LogP contribution in [0, 0.1) is 17.3 Å². The van der Waals surface area contributed by atoms with Crippen LogP contribution in [0.15, 0.2) is 0 Å². The van der Waals surface area contributed by atoms with Gasteiger partial charge in [0.1, 0.15) is 5.88 Å². The zero-order valence-electron chi connectivity index (χ0n) is 14.2. The van der Waals surface area contributed by atoms with Crippen LogP contribution < -0.4 is 5.32 Å². The first kappa shape index (κ1) is 18.9. The van der Waals surface area contributed by atoms with Gasteiger partial charge in [0.2, 0.25) is 11.8 Å². The Morgan fingerprint density at radius 2 is 1.73 bits per heavy atom. The number of likely N-dealkylation sites (tertiary alicyclic amines) is 1. The number of amides is 2. The molecule has 0 aromatic carbocycles. The lowest BCUT2D eigenvalue weighted by Crippen LogP contribution is -2.49. The quantitative estimate of drug-likeness (QED) is 0.815. The molecular formula is C15H28N2O4S. The highest BCUT2D eigenvalue weighted by atomic mass is 32.2. The number of carbonyl (C=O) groups is 2. The summed E-state index contributed by atoms with van der Waals surface area (Å²) < 4.78 is 22.1. The summed E-state index contributed by atoms with van der Waals surface area (Å²) >= 11 is 0. The first-order valence-corrected chi connectivity index (χ1v) is 9.76. The fraction of sp³-hybridized carbons (Fsp3) is 0.867. The normalized spacial score (nSPS) is 17.6. The van der Waals surface area contributed by atoms with Crippen LogP contribution in [0.2, 0.25) is 0 Å². The van der Waals surface area contributed by atoms with E-state index in [9.17, 15) is 18.0 Å². The van der Waals surface area contributed by atoms with Gasteiger partial charge in [0.25, 0.3) is 0 Å². The highest BCUT2D eigenvalue weighted by Crippen LogP contribution is 2.30. The largest absolute Gasteiger partial charge is 0.342 e. The summed E-state index contributed by atoms with van der Waals surface area (Å²) in [6.45, 7) is 9.06. The van der Waals surface area contributed by atoms with Crippen molar-refractivity contribution in [1.29, 1.82) is 0 Å². The zero-order valence-corrected chi connectivity index (χ0v) is 15.0. The molecule has 0 radical (unpaired) electrons. The van der Waals surface area contributed by atoms with E-state index in [0.717, 1.165) is 6.26 Å². The van der Waals surface area contributed by atoms with Crippen LogP contribution in [-0.2, 0) is 19.4 Å². The van der Waals surface area contributed by atoms with Gasteiger partial charge in [-0.15, -0.1) is 0 Å². The van der Waals surface area contributed by atoms with Crippen molar-refractivity contribution in [2.24, 2.45) is 17.3 Å². The summed E-state index contributed by atoms with van der Waals surface area (Å²) in [7, 11) is -3.21. The lowest BCUT2D eigenvalue weighted by molar-refractivity contribution is -0.145. The van der Waals surface area contributed by atoms with Crippen LogP contribution in [0.5, 0.6) is 0 Å². The van der Waals surface area contributed by atoms with E-state index in [1.807, 2.05) is 32.6 Å². The van der Waals surface area contributed by atoms with E-state index in [1.165, 1.54) is 0 Å². The second kappa shape index (κ2) is 6.98. The molecule has 0 saturated carbocycles. The van der Waals surface area contributed by atoms with Gasteiger partial charge in [-0.2, -0.15) is 0 Å². The van der Waals surface area contributed by atoms with Gasteiger partial charge >= 0.3 is 0 Å². The average Bonchev–Trinajstić information content (AvgIpc) is 2.43. The number of piperidine rings is 1. The van der Waals surface area contributed by atoms with Crippen molar-refractivity contribution in [2.75, 3.05) is 25.2 Å². The van der Waals surface area contributed by atoms with Crippen molar-refractivity contribution in [2.45, 2.75) is 40.5 Å². The molecule has 1 N–H and O–H groups in total. The molecule has 6 nitrogen and oxygen atoms in total. The number of rotatable bonds is 5. The number of nitrogens with zero attached hydrogens (tertiary/aromatic N) is 1. The molecule has 0 spiro atoms. The van der Waals surface area contributed by atoms with Gasteiger partial charge in [-0.05, 0) is 18.8 Å². The zero-order chi connectivity index (χ0) is 17.1. The van der Waals surface area contributed by atoms with Gasteiger partial charge in [-0.1, -0.05) is 27.7 Å². The molecule has 1 rings (SSSR count). The monoisotopic (exact) mass is 332 g/mol. The van der Waals surface area contributed by atoms with Crippen LogP contribution in [0.25, 0.3) is 0 Å². The van der Waals surface area contributed by atoms with Crippen LogP contribution in [0.1, 0.15) is 40.5 Å². The summed E-state index contributed by atoms with van der Waals surface area (Å²) in [5.74, 6) is -0.410. The molecule has 0 aliphatic carbocycles. The van der Waals surface area contributed by atoms with Gasteiger partial charge in [-0.25, -0.2) is 8.42 Å². The molecular weight excluding hydrogens is 304 g/mol. The van der Waals surface area contributed by atoms with Gasteiger partial charge in [0.05, 0.1) is 0 Å². The van der Waals surface area contributed by atoms with Gasteiger partial charge in [0.15, 0.2) is 9.84 Å². The molecule has 1 aliphatic rings. The first-order valence-electron chi connectivity index (χ1n) is 7.70. The van der Waals surface area contributed by atoms with Crippen molar-refractivity contribution < 1.29 is 18.0 Å². The third-order valence-electron chi connectivity index (χ3n) is 4.66. The van der Waals surface area contributed by atoms with Crippen molar-refractivity contribution in [3.63, 3.8) is 0 Å². The van der Waals surface area contributed by atoms with Crippen LogP contribution in [-0.4, -0.2) is 50.4 Å². The number of carbonyl (C=O) groups excluding carboxylic acids is 2. The maximum absolute atomic E-state index is 12.5. The molecule has 128 valence electrons. The summed E-state index contributed by atoms with van der Waals surface area (Å²) in [6.07, 6.45) is 2.24. The first-order chi connectivity index (χ1) is 9.95. The molecule has 0 atom stereocenters. The highest BCUT2D eigenvalue weighted by Gasteiger charge is 2.37. The Labute approximate surface area is 133 Å². The minimum atomic E-state index is -3.21. The van der Waals surface area contributed by atoms with Crippen LogP contribution in [0.3, 0.4) is 0 Å². The molecule has 1 fully saturated rings. The average molecular weight is 332 g/mol. The minimum absolute atomic E-state index is 0.123. The van der Waals surface area contributed by atoms with Crippen molar-refractivity contribution >= 4 is 21.7 Å². The van der Waals surface area contributed by atoms with Gasteiger partial charge < -0.3 is 10.2 Å². The molecule has 0 aromatic rings. The van der Waals surface area contributed by atoms with E-state index in [2.05, 4.69) is 5.32 Å². The Hall–Kier alpha value is -1.11. The fourth-order valence-electron chi connectivity index (χ4n) is 2.35. The van der Waals surface area contributed by atoms with E-state index in [4.69, 9.17) is 0 Å². The third-order valence-corrected chi connectivity index (χ3v) is 5.32. The summed E-state index contributed by atoms with van der Waals surface area (Å²) in [5.41, 5.74) is -0.411. The lowest BCUT2D eigenvalue weighted by atomic mass is 9.79. The Morgan fingerprint density at radius 1 is 1.23 bits per heavy atom. The van der Waals surface area contributed by atoms with Gasteiger partial charge in [0, 0.05) is 30.7 Å². The summed E-state index contributed by atoms with van der Waals surface area (Å²) in [6, 6.07) is 0. The number of hydrogen-bond acceptors (Lipinski definition) is 4. The predicted molar refractivity (Wildman–Crippen MR) is 85.8 cm³/mol. The Morgan fingerprint density at radius 3 is 2.14 bits per heavy atom. The van der Waals surface area contributed by atoms with Gasteiger partial charge in [-0.3, -0.25) is 9.59 Å². The van der Waals surface area contributed by atoms with E-state index >= 15 is 0 Å². The van der Waals surface area contributed by atoms with E-state index in [-0.39, 0.29) is 29.5 Å². The molecule has 0 bridgehead atoms. The number of nitrogens with one attached hydrogen (secondary N) is 1. The molecule has 1 aliphatic heterocycles. The molecule has 1 saturated heterocycles. The standard InChI is InChI=1S/C15H28N2O4S/c1-11(2)15(3,4)14(19)17-8-6-12(7-9-17)13(18)16-10-22(5,20)21/h11-12H,6-10H2,1-5H3,(H,16,18). The predicted octanol–water partition coefficient (Wildman–Crippen LogP) is 1.03. The highest BCUT2D eigenvalue weighted by molar-refractivity contribution is 7.90. The lowest BCUT2D eigenvalue weighted by Gasteiger charge is -2.38. The molecule has 7 heteroatoms. The maximum atomic E-state index is 12.5. The Balaban J connectivity index is 2.53. The van der Waals surface area contributed by atoms with Crippen molar-refractivity contribution in [1.82, 2.24) is 10.2 Å². The second-order valence-corrected chi connectivity index (χ2v) is 9.19. The van der Waals surface area contributed by atoms with Crippen molar-refractivity contribution in [3.8, 4) is 0 Å². The van der Waals surface area contributed by atoms with E-state index in [1.54, 1.807) is 0 Å². The second-order valence-electron chi connectivity index (χ2n) is 7.05. The smallest absolute Gasteiger partial charge is 0.228 e. The minimum Gasteiger partial charge on any atom is -0.342 e. The fourth-order valence-corrected chi connectivity index (χ4v) is 2.75. The van der Waals surface area contributed by atoms with Crippen LogP contribution >= 0.6 is 0 Å². The maximum Gasteiger partial charge on any atom is 0.228 e. The molecule has 1 heterocycles. The molecule has 0 unspecified atom stereocenters. The summed E-state index contributed by atoms with van der Waals surface area (Å²) in [4.78, 5) is 26.3.